The molecule has 4 atom stereocenters. The van der Waals surface area contributed by atoms with Crippen molar-refractivity contribution in [2.75, 3.05) is 29.8 Å². The van der Waals surface area contributed by atoms with Crippen LogP contribution in [0.3, 0.4) is 0 Å². The summed E-state index contributed by atoms with van der Waals surface area (Å²) in [6.45, 7) is 1.96. The number of carbonyl (C=O) groups is 3. The molecule has 1 saturated carbocycles. The molecule has 0 saturated heterocycles. The predicted molar refractivity (Wildman–Crippen MR) is 141 cm³/mol. The van der Waals surface area contributed by atoms with Crippen molar-refractivity contribution in [1.82, 2.24) is 0 Å². The molecule has 4 rings (SSSR count). The Labute approximate surface area is 217 Å². The number of methoxy groups -OCH3 is 2. The summed E-state index contributed by atoms with van der Waals surface area (Å²) in [6.07, 6.45) is 2.64. The minimum absolute atomic E-state index is 0.00447. The highest BCUT2D eigenvalue weighted by atomic mass is 16.5. The number of aliphatic hydroxyl groups is 1. The largest absolute Gasteiger partial charge is 0.469 e. The normalized spacial score (nSPS) is 21.8. The minimum Gasteiger partial charge on any atom is -0.469 e. The van der Waals surface area contributed by atoms with E-state index in [0.717, 1.165) is 24.8 Å². The van der Waals surface area contributed by atoms with Gasteiger partial charge < -0.3 is 25.2 Å². The third kappa shape index (κ3) is 5.72. The number of benzene rings is 2. The molecular weight excluding hydrogens is 474 g/mol. The second-order valence-corrected chi connectivity index (χ2v) is 9.74. The summed E-state index contributed by atoms with van der Waals surface area (Å²) >= 11 is 0. The highest BCUT2D eigenvalue weighted by Crippen LogP contribution is 2.41. The van der Waals surface area contributed by atoms with Gasteiger partial charge in [0.2, 0.25) is 0 Å². The van der Waals surface area contributed by atoms with Gasteiger partial charge in [0, 0.05) is 17.6 Å². The Balaban J connectivity index is 1.68. The molecule has 1 unspecified atom stereocenters. The number of nitrogens with zero attached hydrogens (tertiary/aromatic N) is 1. The summed E-state index contributed by atoms with van der Waals surface area (Å²) in [7, 11) is 2.75. The van der Waals surface area contributed by atoms with Crippen LogP contribution in [-0.2, 0) is 25.5 Å². The quantitative estimate of drug-likeness (QED) is 0.494. The lowest BCUT2D eigenvalue weighted by atomic mass is 9.85. The van der Waals surface area contributed by atoms with Crippen LogP contribution in [0.4, 0.5) is 21.9 Å². The second-order valence-electron chi connectivity index (χ2n) is 9.74. The Hall–Kier alpha value is -3.59. The van der Waals surface area contributed by atoms with E-state index in [2.05, 4.69) is 10.6 Å². The van der Waals surface area contributed by atoms with Crippen LogP contribution < -0.4 is 15.5 Å². The van der Waals surface area contributed by atoms with Gasteiger partial charge >= 0.3 is 12.1 Å². The molecule has 1 heterocycles. The maximum atomic E-state index is 13.2. The van der Waals surface area contributed by atoms with Gasteiger partial charge in [0.1, 0.15) is 0 Å². The van der Waals surface area contributed by atoms with Gasteiger partial charge in [-0.25, -0.2) is 4.79 Å². The molecule has 0 radical (unpaired) electrons. The van der Waals surface area contributed by atoms with Crippen LogP contribution in [0.15, 0.2) is 42.5 Å². The lowest BCUT2D eigenvalue weighted by Gasteiger charge is -2.36. The number of ether oxygens (including phenoxy) is 2. The molecule has 2 aromatic rings. The van der Waals surface area contributed by atoms with Gasteiger partial charge in [-0.2, -0.15) is 0 Å². The zero-order valence-electron chi connectivity index (χ0n) is 21.5. The fourth-order valence-electron chi connectivity index (χ4n) is 5.37. The lowest BCUT2D eigenvalue weighted by molar-refractivity contribution is -0.146. The van der Waals surface area contributed by atoms with E-state index in [1.807, 2.05) is 25.1 Å². The number of nitrogens with one attached hydrogen (secondary N) is 2. The van der Waals surface area contributed by atoms with Gasteiger partial charge in [0.05, 0.1) is 37.2 Å². The maximum Gasteiger partial charge on any atom is 0.414 e. The number of hydrogen-bond acceptors (Lipinski definition) is 7. The number of carbonyl (C=O) groups excluding carboxylic acids is 3. The zero-order valence-corrected chi connectivity index (χ0v) is 21.5. The van der Waals surface area contributed by atoms with Crippen molar-refractivity contribution in [2.45, 2.75) is 63.6 Å². The summed E-state index contributed by atoms with van der Waals surface area (Å²) in [5, 5.41) is 17.2. The first kappa shape index (κ1) is 26.5. The number of hydrogen-bond donors (Lipinski definition) is 3. The van der Waals surface area contributed by atoms with Crippen molar-refractivity contribution in [1.29, 1.82) is 0 Å². The third-order valence-corrected chi connectivity index (χ3v) is 7.35. The van der Waals surface area contributed by atoms with Crippen molar-refractivity contribution >= 4 is 35.0 Å². The molecule has 1 aliphatic carbocycles. The molecule has 2 aromatic carbocycles. The number of aliphatic hydroxyl groups excluding tert-OH is 1. The fraction of sp³-hybridized carbons (Fsp3) is 0.464. The SMILES string of the molecule is COC(=O)[C@@H]1CCC[C@@H](Nc2ccc3c(c2NC(=O)C(O)c2ccccc2)CC[C@H](C)N3C(=O)OC)C1. The van der Waals surface area contributed by atoms with E-state index < -0.39 is 18.1 Å². The number of rotatable bonds is 6. The van der Waals surface area contributed by atoms with Gasteiger partial charge in [0.25, 0.3) is 5.91 Å². The number of esters is 1. The average Bonchev–Trinajstić information content (AvgIpc) is 2.93. The van der Waals surface area contributed by atoms with E-state index in [9.17, 15) is 19.5 Å². The molecule has 0 aromatic heterocycles. The molecule has 0 spiro atoms. The topological polar surface area (TPSA) is 117 Å². The summed E-state index contributed by atoms with van der Waals surface area (Å²) in [5.74, 6) is -0.955. The first-order valence-electron chi connectivity index (χ1n) is 12.7. The van der Waals surface area contributed by atoms with Gasteiger partial charge in [-0.3, -0.25) is 14.5 Å². The molecule has 2 amide bonds. The van der Waals surface area contributed by atoms with Crippen molar-refractivity contribution in [3.8, 4) is 0 Å². The molecule has 37 heavy (non-hydrogen) atoms. The van der Waals surface area contributed by atoms with Crippen LogP contribution >= 0.6 is 0 Å². The highest BCUT2D eigenvalue weighted by Gasteiger charge is 2.34. The monoisotopic (exact) mass is 509 g/mol. The Kier molecular flexibility index (Phi) is 8.33. The molecule has 9 heteroatoms. The molecule has 0 bridgehead atoms. The Morgan fingerprint density at radius 3 is 2.49 bits per heavy atom. The molecule has 1 aliphatic heterocycles. The number of amides is 2. The predicted octanol–water partition coefficient (Wildman–Crippen LogP) is 4.41. The van der Waals surface area contributed by atoms with Gasteiger partial charge in [-0.15, -0.1) is 0 Å². The van der Waals surface area contributed by atoms with Crippen LogP contribution in [-0.4, -0.2) is 49.4 Å². The highest BCUT2D eigenvalue weighted by molar-refractivity contribution is 6.01. The molecule has 1 fully saturated rings. The van der Waals surface area contributed by atoms with E-state index in [1.165, 1.54) is 14.2 Å². The lowest BCUT2D eigenvalue weighted by Crippen LogP contribution is -2.42. The number of anilines is 3. The van der Waals surface area contributed by atoms with Crippen LogP contribution in [0.2, 0.25) is 0 Å². The molecule has 9 nitrogen and oxygen atoms in total. The summed E-state index contributed by atoms with van der Waals surface area (Å²) in [5.41, 5.74) is 3.15. The van der Waals surface area contributed by atoms with Crippen molar-refractivity contribution in [3.63, 3.8) is 0 Å². The van der Waals surface area contributed by atoms with Gasteiger partial charge in [-0.05, 0) is 56.7 Å². The second kappa shape index (κ2) is 11.6. The van der Waals surface area contributed by atoms with Crippen LogP contribution in [0.5, 0.6) is 0 Å². The van der Waals surface area contributed by atoms with Crippen LogP contribution in [0.25, 0.3) is 0 Å². The van der Waals surface area contributed by atoms with E-state index in [1.54, 1.807) is 29.2 Å². The maximum absolute atomic E-state index is 13.2. The third-order valence-electron chi connectivity index (χ3n) is 7.35. The van der Waals surface area contributed by atoms with Crippen molar-refractivity contribution < 1.29 is 29.0 Å². The van der Waals surface area contributed by atoms with E-state index in [4.69, 9.17) is 9.47 Å². The zero-order chi connectivity index (χ0) is 26.5. The average molecular weight is 510 g/mol. The first-order valence-corrected chi connectivity index (χ1v) is 12.7. The molecule has 2 aliphatic rings. The number of fused-ring (bicyclic) bond motifs is 1. The van der Waals surface area contributed by atoms with Gasteiger partial charge in [0.15, 0.2) is 6.10 Å². The van der Waals surface area contributed by atoms with Crippen molar-refractivity contribution in [2.24, 2.45) is 5.92 Å². The van der Waals surface area contributed by atoms with E-state index >= 15 is 0 Å². The smallest absolute Gasteiger partial charge is 0.414 e. The Morgan fingerprint density at radius 1 is 1.03 bits per heavy atom. The fourth-order valence-corrected chi connectivity index (χ4v) is 5.37. The summed E-state index contributed by atoms with van der Waals surface area (Å²) < 4.78 is 9.99. The molecular formula is C28H35N3O6. The Morgan fingerprint density at radius 2 is 1.78 bits per heavy atom. The standard InChI is InChI=1S/C28H35N3O6/c1-17-12-13-21-23(31(17)28(35)37-3)15-14-22(29-20-11-7-10-19(16-20)27(34)36-2)24(21)30-26(33)25(32)18-8-5-4-6-9-18/h4-6,8-9,14-15,17,19-20,25,29,32H,7,10-13,16H2,1-3H3,(H,30,33)/t17-,19+,20+,25?/m0/s1. The van der Waals surface area contributed by atoms with Crippen LogP contribution in [0, 0.1) is 5.92 Å². The minimum atomic E-state index is -1.36. The summed E-state index contributed by atoms with van der Waals surface area (Å²) in [6, 6.07) is 12.4. The van der Waals surface area contributed by atoms with Crippen LogP contribution in [0.1, 0.15) is 56.3 Å². The molecule has 198 valence electrons. The van der Waals surface area contributed by atoms with E-state index in [0.29, 0.717) is 41.9 Å². The van der Waals surface area contributed by atoms with E-state index in [-0.39, 0.29) is 24.0 Å². The molecule has 3 N–H and O–H groups in total. The van der Waals surface area contributed by atoms with Crippen molar-refractivity contribution in [3.05, 3.63) is 53.6 Å². The Bertz CT molecular complexity index is 1140. The summed E-state index contributed by atoms with van der Waals surface area (Å²) in [4.78, 5) is 39.6. The van der Waals surface area contributed by atoms with Gasteiger partial charge in [-0.1, -0.05) is 36.8 Å². The first-order chi connectivity index (χ1) is 17.8.